The van der Waals surface area contributed by atoms with Gasteiger partial charge in [-0.1, -0.05) is 355 Å². The van der Waals surface area contributed by atoms with Crippen LogP contribution in [0.15, 0.2) is 0 Å². The molecule has 6 heteroatoms. The minimum Gasteiger partial charge on any atom is -0.462 e. The van der Waals surface area contributed by atoms with E-state index in [1.54, 1.807) is 0 Å². The van der Waals surface area contributed by atoms with E-state index in [1.807, 2.05) is 0 Å². The van der Waals surface area contributed by atoms with Gasteiger partial charge in [-0.2, -0.15) is 0 Å². The van der Waals surface area contributed by atoms with Crippen LogP contribution in [0.3, 0.4) is 0 Å². The Kier molecular flexibility index (Phi) is 61.6. The molecule has 1 unspecified atom stereocenters. The van der Waals surface area contributed by atoms with Crippen molar-refractivity contribution in [3.8, 4) is 0 Å². The van der Waals surface area contributed by atoms with Crippen LogP contribution in [-0.4, -0.2) is 37.2 Å². The number of carbonyl (C=O) groups excluding carboxylic acids is 3. The van der Waals surface area contributed by atoms with Crippen LogP contribution in [0.1, 0.15) is 393 Å². The van der Waals surface area contributed by atoms with E-state index < -0.39 is 6.10 Å². The van der Waals surface area contributed by atoms with E-state index in [0.29, 0.717) is 19.3 Å². The Morgan fingerprint density at radius 2 is 0.370 bits per heavy atom. The molecule has 73 heavy (non-hydrogen) atoms. The zero-order valence-corrected chi connectivity index (χ0v) is 50.0. The van der Waals surface area contributed by atoms with E-state index in [4.69, 9.17) is 14.2 Å². The monoisotopic (exact) mass is 1030 g/mol. The first-order chi connectivity index (χ1) is 36.0. The summed E-state index contributed by atoms with van der Waals surface area (Å²) in [4.78, 5) is 38.3. The van der Waals surface area contributed by atoms with Crippen molar-refractivity contribution < 1.29 is 28.6 Å². The summed E-state index contributed by atoms with van der Waals surface area (Å²) in [5, 5.41) is 0. The highest BCUT2D eigenvalue weighted by Gasteiger charge is 2.19. The van der Waals surface area contributed by atoms with Gasteiger partial charge < -0.3 is 14.2 Å². The largest absolute Gasteiger partial charge is 0.462 e. The van der Waals surface area contributed by atoms with E-state index in [2.05, 4.69) is 20.8 Å². The van der Waals surface area contributed by atoms with Gasteiger partial charge in [-0.25, -0.2) is 0 Å². The fourth-order valence-corrected chi connectivity index (χ4v) is 10.6. The Bertz CT molecular complexity index is 1090. The quantitative estimate of drug-likeness (QED) is 0.0343. The van der Waals surface area contributed by atoms with E-state index in [9.17, 15) is 14.4 Å². The van der Waals surface area contributed by atoms with Gasteiger partial charge in [-0.05, 0) is 19.3 Å². The second kappa shape index (κ2) is 62.9. The summed E-state index contributed by atoms with van der Waals surface area (Å²) in [6, 6.07) is 0. The van der Waals surface area contributed by atoms with Gasteiger partial charge in [0.1, 0.15) is 13.2 Å². The standard InChI is InChI=1S/C67H130O6/c1-4-7-10-13-16-19-22-24-26-28-30-32-33-35-36-38-40-42-45-48-51-54-57-60-66(69)72-63-64(62-71-65(68)59-56-53-50-47-44-21-18-15-12-9-6-3)73-67(70)61-58-55-52-49-46-43-41-39-37-34-31-29-27-25-23-20-17-14-11-8-5-2/h64H,4-63H2,1-3H3. The molecule has 0 aliphatic rings. The van der Waals surface area contributed by atoms with Crippen LogP contribution in [0.25, 0.3) is 0 Å². The molecule has 0 amide bonds. The normalized spacial score (nSPS) is 11.9. The Hall–Kier alpha value is -1.59. The number of esters is 3. The van der Waals surface area contributed by atoms with E-state index >= 15 is 0 Å². The van der Waals surface area contributed by atoms with Crippen molar-refractivity contribution in [1.29, 1.82) is 0 Å². The zero-order chi connectivity index (χ0) is 52.9. The van der Waals surface area contributed by atoms with E-state index in [1.165, 1.54) is 295 Å². The van der Waals surface area contributed by atoms with Crippen molar-refractivity contribution in [3.63, 3.8) is 0 Å². The SMILES string of the molecule is CCCCCCCCCCCCCCCCCCCCCCCCCC(=O)OCC(COC(=O)CCCCCCCCCCCCC)OC(=O)CCCCCCCCCCCCCCCCCCCCCCC. The molecule has 0 aliphatic carbocycles. The third-order valence-corrected chi connectivity index (χ3v) is 15.6. The highest BCUT2D eigenvalue weighted by molar-refractivity contribution is 5.71. The summed E-state index contributed by atoms with van der Waals surface area (Å²) >= 11 is 0. The molecule has 0 fully saturated rings. The van der Waals surface area contributed by atoms with Gasteiger partial charge in [-0.3, -0.25) is 14.4 Å². The minimum absolute atomic E-state index is 0.0606. The maximum Gasteiger partial charge on any atom is 0.306 e. The summed E-state index contributed by atoms with van der Waals surface area (Å²) in [5.74, 6) is -0.825. The Labute approximate surface area is 457 Å². The molecule has 0 heterocycles. The molecule has 0 bridgehead atoms. The third kappa shape index (κ3) is 61.1. The Morgan fingerprint density at radius 3 is 0.548 bits per heavy atom. The van der Waals surface area contributed by atoms with Crippen molar-refractivity contribution in [2.24, 2.45) is 0 Å². The number of hydrogen-bond donors (Lipinski definition) is 0. The van der Waals surface area contributed by atoms with Crippen LogP contribution in [-0.2, 0) is 28.6 Å². The van der Waals surface area contributed by atoms with Crippen LogP contribution in [0.2, 0.25) is 0 Å². The maximum absolute atomic E-state index is 12.9. The lowest BCUT2D eigenvalue weighted by molar-refractivity contribution is -0.167. The smallest absolute Gasteiger partial charge is 0.306 e. The van der Waals surface area contributed by atoms with Crippen LogP contribution in [0, 0.1) is 0 Å². The molecule has 434 valence electrons. The van der Waals surface area contributed by atoms with Gasteiger partial charge in [0.15, 0.2) is 6.10 Å². The van der Waals surface area contributed by atoms with Crippen LogP contribution in [0.5, 0.6) is 0 Å². The summed E-state index contributed by atoms with van der Waals surface area (Å²) < 4.78 is 17.0. The van der Waals surface area contributed by atoms with Crippen molar-refractivity contribution in [2.45, 2.75) is 399 Å². The molecule has 0 N–H and O–H groups in total. The first kappa shape index (κ1) is 71.4. The molecule has 0 aliphatic heterocycles. The van der Waals surface area contributed by atoms with E-state index in [0.717, 1.165) is 57.8 Å². The molecule has 0 radical (unpaired) electrons. The van der Waals surface area contributed by atoms with Crippen molar-refractivity contribution >= 4 is 17.9 Å². The maximum atomic E-state index is 12.9. The molecule has 0 aromatic carbocycles. The summed E-state index contributed by atoms with van der Waals surface area (Å²) in [6.45, 7) is 6.73. The topological polar surface area (TPSA) is 78.9 Å². The molecule has 1 atom stereocenters. The van der Waals surface area contributed by atoms with Crippen molar-refractivity contribution in [3.05, 3.63) is 0 Å². The fourth-order valence-electron chi connectivity index (χ4n) is 10.6. The average molecular weight is 1030 g/mol. The lowest BCUT2D eigenvalue weighted by Crippen LogP contribution is -2.30. The van der Waals surface area contributed by atoms with Gasteiger partial charge in [0.25, 0.3) is 0 Å². The van der Waals surface area contributed by atoms with E-state index in [-0.39, 0.29) is 31.1 Å². The highest BCUT2D eigenvalue weighted by atomic mass is 16.6. The molecule has 0 saturated heterocycles. The number of unbranched alkanes of at least 4 members (excludes halogenated alkanes) is 52. The number of rotatable bonds is 63. The minimum atomic E-state index is -0.762. The molecule has 0 aromatic rings. The Balaban J connectivity index is 4.17. The van der Waals surface area contributed by atoms with Crippen LogP contribution >= 0.6 is 0 Å². The molecule has 0 rings (SSSR count). The number of carbonyl (C=O) groups is 3. The summed E-state index contributed by atoms with van der Waals surface area (Å²) in [5.41, 5.74) is 0. The van der Waals surface area contributed by atoms with Gasteiger partial charge in [0.05, 0.1) is 0 Å². The molecule has 0 aromatic heterocycles. The molecule has 0 saturated carbocycles. The highest BCUT2D eigenvalue weighted by Crippen LogP contribution is 2.19. The number of ether oxygens (including phenoxy) is 3. The predicted octanol–water partition coefficient (Wildman–Crippen LogP) is 22.7. The first-order valence-corrected chi connectivity index (χ1v) is 33.5. The Morgan fingerprint density at radius 1 is 0.219 bits per heavy atom. The third-order valence-electron chi connectivity index (χ3n) is 15.6. The molecule has 0 spiro atoms. The molecule has 6 nitrogen and oxygen atoms in total. The lowest BCUT2D eigenvalue weighted by Gasteiger charge is -2.18. The van der Waals surface area contributed by atoms with Gasteiger partial charge >= 0.3 is 17.9 Å². The lowest BCUT2D eigenvalue weighted by atomic mass is 10.0. The van der Waals surface area contributed by atoms with Gasteiger partial charge in [0, 0.05) is 19.3 Å². The second-order valence-corrected chi connectivity index (χ2v) is 23.1. The number of hydrogen-bond acceptors (Lipinski definition) is 6. The van der Waals surface area contributed by atoms with Gasteiger partial charge in [-0.15, -0.1) is 0 Å². The van der Waals surface area contributed by atoms with Crippen molar-refractivity contribution in [2.75, 3.05) is 13.2 Å². The molecular weight excluding hydrogens is 901 g/mol. The second-order valence-electron chi connectivity index (χ2n) is 23.1. The average Bonchev–Trinajstić information content (AvgIpc) is 3.39. The fraction of sp³-hybridized carbons (Fsp3) is 0.955. The van der Waals surface area contributed by atoms with Gasteiger partial charge in [0.2, 0.25) is 0 Å². The summed E-state index contributed by atoms with van der Waals surface area (Å²) in [6.07, 6.45) is 72.7. The van der Waals surface area contributed by atoms with Crippen LogP contribution < -0.4 is 0 Å². The van der Waals surface area contributed by atoms with Crippen molar-refractivity contribution in [1.82, 2.24) is 0 Å². The molecular formula is C67H130O6. The summed E-state index contributed by atoms with van der Waals surface area (Å²) in [7, 11) is 0. The van der Waals surface area contributed by atoms with Crippen LogP contribution in [0.4, 0.5) is 0 Å². The zero-order valence-electron chi connectivity index (χ0n) is 50.0. The predicted molar refractivity (Wildman–Crippen MR) is 317 cm³/mol. The first-order valence-electron chi connectivity index (χ1n) is 33.5.